The highest BCUT2D eigenvalue weighted by Gasteiger charge is 2.40. The van der Waals surface area contributed by atoms with Crippen molar-refractivity contribution >= 4 is 17.9 Å². The second kappa shape index (κ2) is 6.43. The third-order valence-electron chi connectivity index (χ3n) is 4.48. The molecule has 0 radical (unpaired) electrons. The summed E-state index contributed by atoms with van der Waals surface area (Å²) in [6.07, 6.45) is 3.64. The van der Waals surface area contributed by atoms with Crippen LogP contribution in [0.25, 0.3) is 0 Å². The fraction of sp³-hybridized carbons (Fsp3) is 0.786. The zero-order chi connectivity index (χ0) is 15.5. The van der Waals surface area contributed by atoms with E-state index >= 15 is 0 Å². The summed E-state index contributed by atoms with van der Waals surface area (Å²) in [5.41, 5.74) is -0.656. The first-order chi connectivity index (χ1) is 9.95. The molecule has 3 N–H and O–H groups in total. The smallest absolute Gasteiger partial charge is 0.321 e. The lowest BCUT2D eigenvalue weighted by atomic mass is 9.76. The van der Waals surface area contributed by atoms with Gasteiger partial charge in [0.2, 0.25) is 5.91 Å². The average Bonchev–Trinajstić information content (AvgIpc) is 3.23. The molecule has 21 heavy (non-hydrogen) atoms. The summed E-state index contributed by atoms with van der Waals surface area (Å²) in [5, 5.41) is 14.3. The Morgan fingerprint density at radius 1 is 1.24 bits per heavy atom. The number of carboxylic acids is 1. The maximum absolute atomic E-state index is 11.8. The van der Waals surface area contributed by atoms with Gasteiger partial charge in [0, 0.05) is 6.04 Å². The molecule has 0 aromatic carbocycles. The monoisotopic (exact) mass is 297 g/mol. The van der Waals surface area contributed by atoms with E-state index in [2.05, 4.69) is 10.6 Å². The van der Waals surface area contributed by atoms with Gasteiger partial charge >= 0.3 is 12.0 Å². The number of nitrogens with one attached hydrogen (secondary N) is 2. The number of aliphatic carboxylic acids is 1. The maximum Gasteiger partial charge on any atom is 0.321 e. The molecule has 2 rings (SSSR count). The lowest BCUT2D eigenvalue weighted by molar-refractivity contribution is -0.152. The molecule has 0 atom stereocenters. The Morgan fingerprint density at radius 3 is 2.33 bits per heavy atom. The first kappa shape index (κ1) is 15.8. The molecule has 0 spiro atoms. The number of nitrogens with zero attached hydrogens (tertiary/aromatic N) is 1. The van der Waals surface area contributed by atoms with E-state index in [1.807, 2.05) is 11.8 Å². The van der Waals surface area contributed by atoms with E-state index in [1.54, 1.807) is 0 Å². The Hall–Kier alpha value is -1.63. The van der Waals surface area contributed by atoms with Gasteiger partial charge in [-0.15, -0.1) is 0 Å². The number of rotatable bonds is 5. The van der Waals surface area contributed by atoms with Gasteiger partial charge in [-0.1, -0.05) is 6.92 Å². The maximum atomic E-state index is 11.8. The van der Waals surface area contributed by atoms with E-state index in [0.717, 1.165) is 12.8 Å². The summed E-state index contributed by atoms with van der Waals surface area (Å²) in [4.78, 5) is 36.4. The van der Waals surface area contributed by atoms with Crippen LogP contribution >= 0.6 is 0 Å². The molecular formula is C14H23N3O4. The second-order valence-electron chi connectivity index (χ2n) is 6.01. The van der Waals surface area contributed by atoms with Gasteiger partial charge in [-0.05, 0) is 45.2 Å². The Labute approximate surface area is 124 Å². The van der Waals surface area contributed by atoms with Gasteiger partial charge in [0.1, 0.15) is 0 Å². The number of carbonyl (C=O) groups is 3. The van der Waals surface area contributed by atoms with Crippen LogP contribution in [0.3, 0.4) is 0 Å². The van der Waals surface area contributed by atoms with Gasteiger partial charge in [-0.25, -0.2) is 4.79 Å². The topological polar surface area (TPSA) is 98.7 Å². The van der Waals surface area contributed by atoms with Crippen LogP contribution in [-0.4, -0.2) is 53.6 Å². The number of hydrogen-bond donors (Lipinski definition) is 3. The highest BCUT2D eigenvalue weighted by atomic mass is 16.4. The Morgan fingerprint density at radius 2 is 1.86 bits per heavy atom. The number of hydrogen-bond acceptors (Lipinski definition) is 4. The van der Waals surface area contributed by atoms with Crippen LogP contribution < -0.4 is 10.6 Å². The normalized spacial score (nSPS) is 21.6. The number of amides is 3. The Kier molecular flexibility index (Phi) is 4.82. The molecular weight excluding hydrogens is 274 g/mol. The van der Waals surface area contributed by atoms with Crippen molar-refractivity contribution < 1.29 is 19.5 Å². The van der Waals surface area contributed by atoms with Crippen molar-refractivity contribution in [3.63, 3.8) is 0 Å². The van der Waals surface area contributed by atoms with Crippen molar-refractivity contribution in [1.82, 2.24) is 15.5 Å². The zero-order valence-electron chi connectivity index (χ0n) is 12.4. The number of imide groups is 1. The van der Waals surface area contributed by atoms with Crippen LogP contribution in [0.2, 0.25) is 0 Å². The van der Waals surface area contributed by atoms with E-state index in [-0.39, 0.29) is 18.5 Å². The molecule has 1 saturated carbocycles. The third kappa shape index (κ3) is 4.17. The van der Waals surface area contributed by atoms with Gasteiger partial charge in [0.25, 0.3) is 0 Å². The molecule has 0 aromatic rings. The quantitative estimate of drug-likeness (QED) is 0.688. The van der Waals surface area contributed by atoms with Gasteiger partial charge in [0.15, 0.2) is 0 Å². The fourth-order valence-corrected chi connectivity index (χ4v) is 2.68. The van der Waals surface area contributed by atoms with E-state index < -0.39 is 17.4 Å². The predicted octanol–water partition coefficient (Wildman–Crippen LogP) is 0.551. The molecule has 1 saturated heterocycles. The Balaban J connectivity index is 1.73. The van der Waals surface area contributed by atoms with Gasteiger partial charge in [-0.2, -0.15) is 0 Å². The largest absolute Gasteiger partial charge is 0.481 e. The molecule has 0 unspecified atom stereocenters. The summed E-state index contributed by atoms with van der Waals surface area (Å²) in [5.74, 6) is -1.09. The number of carboxylic acid groups (broad SMARTS) is 1. The summed E-state index contributed by atoms with van der Waals surface area (Å²) >= 11 is 0. The molecule has 1 aliphatic heterocycles. The third-order valence-corrected chi connectivity index (χ3v) is 4.48. The Bertz CT molecular complexity index is 426. The molecule has 2 aliphatic rings. The second-order valence-corrected chi connectivity index (χ2v) is 6.01. The highest BCUT2D eigenvalue weighted by molar-refractivity contribution is 5.95. The van der Waals surface area contributed by atoms with Crippen LogP contribution in [-0.2, 0) is 9.59 Å². The molecule has 3 amide bonds. The number of carbonyl (C=O) groups excluding carboxylic acids is 2. The van der Waals surface area contributed by atoms with Crippen molar-refractivity contribution in [1.29, 1.82) is 0 Å². The SMILES string of the molecule is CCC1(C(=O)O)CCN(CC(=O)NC(=O)NC2CC2)CC1. The first-order valence-electron chi connectivity index (χ1n) is 7.51. The molecule has 0 bridgehead atoms. The predicted molar refractivity (Wildman–Crippen MR) is 75.7 cm³/mol. The number of urea groups is 1. The van der Waals surface area contributed by atoms with Gasteiger partial charge < -0.3 is 10.4 Å². The standard InChI is InChI=1S/C14H23N3O4/c1-2-14(12(19)20)5-7-17(8-6-14)9-11(18)16-13(21)15-10-3-4-10/h10H,2-9H2,1H3,(H,19,20)(H2,15,16,18,21). The van der Waals surface area contributed by atoms with Gasteiger partial charge in [-0.3, -0.25) is 19.8 Å². The average molecular weight is 297 g/mol. The van der Waals surface area contributed by atoms with E-state index in [1.165, 1.54) is 0 Å². The molecule has 7 nitrogen and oxygen atoms in total. The summed E-state index contributed by atoms with van der Waals surface area (Å²) < 4.78 is 0. The summed E-state index contributed by atoms with van der Waals surface area (Å²) in [6.45, 7) is 3.16. The molecule has 1 aliphatic carbocycles. The van der Waals surface area contributed by atoms with Crippen LogP contribution in [0.1, 0.15) is 39.0 Å². The van der Waals surface area contributed by atoms with Crippen molar-refractivity contribution in [3.8, 4) is 0 Å². The lowest BCUT2D eigenvalue weighted by Crippen LogP contribution is -2.49. The molecule has 2 fully saturated rings. The van der Waals surface area contributed by atoms with Crippen molar-refractivity contribution in [2.24, 2.45) is 5.41 Å². The van der Waals surface area contributed by atoms with Crippen LogP contribution in [0.15, 0.2) is 0 Å². The summed E-state index contributed by atoms with van der Waals surface area (Å²) in [6, 6.07) is -0.221. The first-order valence-corrected chi connectivity index (χ1v) is 7.51. The van der Waals surface area contributed by atoms with Crippen molar-refractivity contribution in [2.75, 3.05) is 19.6 Å². The minimum Gasteiger partial charge on any atom is -0.481 e. The number of likely N-dealkylation sites (tertiary alicyclic amines) is 1. The highest BCUT2D eigenvalue weighted by Crippen LogP contribution is 2.34. The van der Waals surface area contributed by atoms with Crippen LogP contribution in [0.5, 0.6) is 0 Å². The van der Waals surface area contributed by atoms with E-state index in [9.17, 15) is 19.5 Å². The molecule has 118 valence electrons. The summed E-state index contributed by atoms with van der Waals surface area (Å²) in [7, 11) is 0. The molecule has 1 heterocycles. The molecule has 0 aromatic heterocycles. The van der Waals surface area contributed by atoms with Crippen LogP contribution in [0, 0.1) is 5.41 Å². The minimum absolute atomic E-state index is 0.136. The minimum atomic E-state index is -0.752. The zero-order valence-corrected chi connectivity index (χ0v) is 12.4. The van der Waals surface area contributed by atoms with E-state index in [4.69, 9.17) is 0 Å². The lowest BCUT2D eigenvalue weighted by Gasteiger charge is -2.37. The molecule has 7 heteroatoms. The van der Waals surface area contributed by atoms with Crippen molar-refractivity contribution in [2.45, 2.75) is 45.1 Å². The van der Waals surface area contributed by atoms with Gasteiger partial charge in [0.05, 0.1) is 12.0 Å². The van der Waals surface area contributed by atoms with E-state index in [0.29, 0.717) is 32.4 Å². The van der Waals surface area contributed by atoms with Crippen molar-refractivity contribution in [3.05, 3.63) is 0 Å². The number of piperidine rings is 1. The fourth-order valence-electron chi connectivity index (χ4n) is 2.68. The van der Waals surface area contributed by atoms with Crippen LogP contribution in [0.4, 0.5) is 4.79 Å².